The van der Waals surface area contributed by atoms with Crippen molar-refractivity contribution >= 4 is 18.3 Å². The number of amides is 1. The summed E-state index contributed by atoms with van der Waals surface area (Å²) in [6.07, 6.45) is 4.25. The third-order valence-corrected chi connectivity index (χ3v) is 6.07. The Hall–Kier alpha value is -0.280. The highest BCUT2D eigenvalue weighted by atomic mass is 35.5. The molecule has 4 rings (SSSR count). The van der Waals surface area contributed by atoms with Crippen molar-refractivity contribution < 1.29 is 4.79 Å². The molecule has 0 aromatic rings. The van der Waals surface area contributed by atoms with Crippen molar-refractivity contribution in [3.63, 3.8) is 0 Å². The van der Waals surface area contributed by atoms with Gasteiger partial charge < -0.3 is 10.2 Å². The third-order valence-electron chi connectivity index (χ3n) is 6.07. The maximum atomic E-state index is 12.7. The molecule has 3 saturated carbocycles. The summed E-state index contributed by atoms with van der Waals surface area (Å²) in [5.74, 6) is 4.29. The normalized spacial score (nSPS) is 50.6. The predicted octanol–water partition coefficient (Wildman–Crippen LogP) is 1.91. The number of carbonyl (C=O) groups is 1. The summed E-state index contributed by atoms with van der Waals surface area (Å²) < 4.78 is 0. The van der Waals surface area contributed by atoms with Gasteiger partial charge in [-0.05, 0) is 56.8 Å². The molecule has 4 aliphatic rings. The Morgan fingerprint density at radius 3 is 2.42 bits per heavy atom. The van der Waals surface area contributed by atoms with Crippen molar-refractivity contribution in [1.82, 2.24) is 10.2 Å². The summed E-state index contributed by atoms with van der Waals surface area (Å²) in [5, 5.41) is 3.46. The fourth-order valence-electron chi connectivity index (χ4n) is 5.18. The summed E-state index contributed by atoms with van der Waals surface area (Å²) in [6.45, 7) is 6.24. The quantitative estimate of drug-likeness (QED) is 0.798. The smallest absolute Gasteiger partial charge is 0.226 e. The Balaban J connectivity index is 0.00000110. The molecule has 6 atom stereocenters. The lowest BCUT2D eigenvalue weighted by Crippen LogP contribution is -2.56. The van der Waals surface area contributed by atoms with Crippen molar-refractivity contribution in [2.75, 3.05) is 13.1 Å². The average Bonchev–Trinajstić information content (AvgIpc) is 2.79. The molecule has 19 heavy (non-hydrogen) atoms. The van der Waals surface area contributed by atoms with Gasteiger partial charge in [0.25, 0.3) is 0 Å². The van der Waals surface area contributed by atoms with Crippen molar-refractivity contribution in [3.8, 4) is 0 Å². The van der Waals surface area contributed by atoms with Gasteiger partial charge in [-0.3, -0.25) is 4.79 Å². The molecule has 4 fully saturated rings. The van der Waals surface area contributed by atoms with Crippen LogP contribution >= 0.6 is 12.4 Å². The number of halogens is 1. The summed E-state index contributed by atoms with van der Waals surface area (Å²) in [4.78, 5) is 14.9. The Kier molecular flexibility index (Phi) is 3.33. The third kappa shape index (κ3) is 1.92. The molecule has 0 aromatic heterocycles. The zero-order valence-corrected chi connectivity index (χ0v) is 12.7. The van der Waals surface area contributed by atoms with Crippen LogP contribution < -0.4 is 5.32 Å². The van der Waals surface area contributed by atoms with E-state index in [0.717, 1.165) is 36.8 Å². The van der Waals surface area contributed by atoms with Crippen LogP contribution in [0.4, 0.5) is 0 Å². The van der Waals surface area contributed by atoms with Crippen LogP contribution in [0.2, 0.25) is 0 Å². The molecule has 1 aliphatic heterocycles. The molecule has 1 amide bonds. The van der Waals surface area contributed by atoms with Crippen LogP contribution in [-0.2, 0) is 4.79 Å². The standard InChI is InChI=1S/C15H24N2O.ClH/c1-8-7-17(9(2)6-16-8)15(18)14-12-10-3-4-11(5-10)13(12)14;/h8-14,16H,3-7H2,1-2H3;1H. The van der Waals surface area contributed by atoms with E-state index in [2.05, 4.69) is 24.1 Å². The number of hydrogen-bond acceptors (Lipinski definition) is 2. The van der Waals surface area contributed by atoms with E-state index >= 15 is 0 Å². The summed E-state index contributed by atoms with van der Waals surface area (Å²) in [7, 11) is 0. The molecule has 1 N–H and O–H groups in total. The van der Waals surface area contributed by atoms with Gasteiger partial charge in [0.2, 0.25) is 5.91 Å². The first-order valence-corrected chi connectivity index (χ1v) is 7.70. The van der Waals surface area contributed by atoms with E-state index < -0.39 is 0 Å². The minimum Gasteiger partial charge on any atom is -0.337 e. The lowest BCUT2D eigenvalue weighted by molar-refractivity contribution is -0.137. The minimum atomic E-state index is 0. The zero-order chi connectivity index (χ0) is 12.4. The second-order valence-corrected chi connectivity index (χ2v) is 7.16. The molecule has 0 spiro atoms. The molecule has 1 heterocycles. The number of fused-ring (bicyclic) bond motifs is 5. The maximum Gasteiger partial charge on any atom is 0.226 e. The molecule has 0 aromatic carbocycles. The molecule has 1 saturated heterocycles. The topological polar surface area (TPSA) is 32.3 Å². The molecule has 108 valence electrons. The Labute approximate surface area is 121 Å². The first-order valence-electron chi connectivity index (χ1n) is 7.70. The second-order valence-electron chi connectivity index (χ2n) is 7.16. The molecular formula is C15H25ClN2O. The molecule has 4 heteroatoms. The molecule has 3 aliphatic carbocycles. The first kappa shape index (κ1) is 13.7. The summed E-state index contributed by atoms with van der Waals surface area (Å²) in [6, 6.07) is 0.841. The van der Waals surface area contributed by atoms with Crippen molar-refractivity contribution in [2.24, 2.45) is 29.6 Å². The van der Waals surface area contributed by atoms with Crippen LogP contribution in [0.3, 0.4) is 0 Å². The van der Waals surface area contributed by atoms with E-state index in [1.54, 1.807) is 0 Å². The molecule has 0 radical (unpaired) electrons. The Morgan fingerprint density at radius 2 is 1.79 bits per heavy atom. The van der Waals surface area contributed by atoms with E-state index in [0.29, 0.717) is 23.9 Å². The van der Waals surface area contributed by atoms with Crippen LogP contribution in [0.25, 0.3) is 0 Å². The number of nitrogens with one attached hydrogen (secondary N) is 1. The van der Waals surface area contributed by atoms with Crippen LogP contribution in [0.15, 0.2) is 0 Å². The molecule has 3 nitrogen and oxygen atoms in total. The summed E-state index contributed by atoms with van der Waals surface area (Å²) >= 11 is 0. The summed E-state index contributed by atoms with van der Waals surface area (Å²) in [5.41, 5.74) is 0. The lowest BCUT2D eigenvalue weighted by Gasteiger charge is -2.38. The van der Waals surface area contributed by atoms with Crippen LogP contribution in [0, 0.1) is 29.6 Å². The number of hydrogen-bond donors (Lipinski definition) is 1. The van der Waals surface area contributed by atoms with E-state index in [-0.39, 0.29) is 12.4 Å². The predicted molar refractivity (Wildman–Crippen MR) is 77.2 cm³/mol. The van der Waals surface area contributed by atoms with Crippen molar-refractivity contribution in [1.29, 1.82) is 0 Å². The van der Waals surface area contributed by atoms with Gasteiger partial charge in [0.1, 0.15) is 0 Å². The van der Waals surface area contributed by atoms with E-state index in [4.69, 9.17) is 0 Å². The molecule has 6 unspecified atom stereocenters. The van der Waals surface area contributed by atoms with Crippen LogP contribution in [0.1, 0.15) is 33.1 Å². The van der Waals surface area contributed by atoms with Gasteiger partial charge in [-0.25, -0.2) is 0 Å². The van der Waals surface area contributed by atoms with Gasteiger partial charge >= 0.3 is 0 Å². The van der Waals surface area contributed by atoms with Crippen molar-refractivity contribution in [2.45, 2.75) is 45.2 Å². The lowest BCUT2D eigenvalue weighted by atomic mass is 10.0. The maximum absolute atomic E-state index is 12.7. The zero-order valence-electron chi connectivity index (χ0n) is 11.8. The highest BCUT2D eigenvalue weighted by Gasteiger charge is 2.68. The van der Waals surface area contributed by atoms with Crippen molar-refractivity contribution in [3.05, 3.63) is 0 Å². The van der Waals surface area contributed by atoms with Gasteiger partial charge in [0, 0.05) is 31.1 Å². The van der Waals surface area contributed by atoms with Gasteiger partial charge in [0.05, 0.1) is 0 Å². The SMILES string of the molecule is CC1CN(C(=O)C2C3C4CCC(C4)C23)C(C)CN1.Cl. The minimum absolute atomic E-state index is 0. The van der Waals surface area contributed by atoms with Gasteiger partial charge in [0.15, 0.2) is 0 Å². The van der Waals surface area contributed by atoms with E-state index in [9.17, 15) is 4.79 Å². The van der Waals surface area contributed by atoms with Crippen LogP contribution in [-0.4, -0.2) is 36.0 Å². The number of nitrogens with zero attached hydrogens (tertiary/aromatic N) is 1. The molecule has 2 bridgehead atoms. The van der Waals surface area contributed by atoms with E-state index in [1.165, 1.54) is 19.3 Å². The second kappa shape index (κ2) is 4.63. The monoisotopic (exact) mass is 284 g/mol. The van der Waals surface area contributed by atoms with E-state index in [1.807, 2.05) is 0 Å². The largest absolute Gasteiger partial charge is 0.337 e. The number of piperazine rings is 1. The highest BCUT2D eigenvalue weighted by molar-refractivity contribution is 5.85. The number of carbonyl (C=O) groups excluding carboxylic acids is 1. The van der Waals surface area contributed by atoms with Gasteiger partial charge in [-0.15, -0.1) is 12.4 Å². The Bertz CT molecular complexity index is 372. The number of rotatable bonds is 1. The van der Waals surface area contributed by atoms with Gasteiger partial charge in [-0.2, -0.15) is 0 Å². The Morgan fingerprint density at radius 1 is 1.16 bits per heavy atom. The molecular weight excluding hydrogens is 260 g/mol. The van der Waals surface area contributed by atoms with Gasteiger partial charge in [-0.1, -0.05) is 0 Å². The van der Waals surface area contributed by atoms with Crippen LogP contribution in [0.5, 0.6) is 0 Å². The highest BCUT2D eigenvalue weighted by Crippen LogP contribution is 2.69. The average molecular weight is 285 g/mol. The fraction of sp³-hybridized carbons (Fsp3) is 0.933. The fourth-order valence-corrected chi connectivity index (χ4v) is 5.18. The first-order chi connectivity index (χ1) is 8.66.